The second-order valence-corrected chi connectivity index (χ2v) is 8.31. The highest BCUT2D eigenvalue weighted by Gasteiger charge is 2.21. The van der Waals surface area contributed by atoms with E-state index in [0.29, 0.717) is 17.9 Å². The number of rotatable bonds is 8. The number of nitrogens with zero attached hydrogens (tertiary/aromatic N) is 2. The van der Waals surface area contributed by atoms with Crippen molar-refractivity contribution in [2.75, 3.05) is 11.9 Å². The van der Waals surface area contributed by atoms with E-state index in [-0.39, 0.29) is 18.1 Å². The molecule has 2 amide bonds. The van der Waals surface area contributed by atoms with Gasteiger partial charge in [-0.05, 0) is 63.4 Å². The number of fused-ring (bicyclic) bond motifs is 1. The van der Waals surface area contributed by atoms with E-state index in [4.69, 9.17) is 4.74 Å². The largest absolute Gasteiger partial charge is 0.494 e. The molecule has 6 heteroatoms. The third kappa shape index (κ3) is 4.88. The Morgan fingerprint density at radius 1 is 1.12 bits per heavy atom. The molecular weight excluding hydrogens is 400 g/mol. The number of nitrogens with one attached hydrogen (secondary N) is 2. The van der Waals surface area contributed by atoms with Crippen LogP contribution in [0.4, 0.5) is 10.5 Å². The molecule has 0 saturated heterocycles. The monoisotopic (exact) mass is 432 g/mol. The van der Waals surface area contributed by atoms with Crippen molar-refractivity contribution in [2.24, 2.45) is 0 Å². The van der Waals surface area contributed by atoms with Gasteiger partial charge in [-0.25, -0.2) is 4.79 Å². The van der Waals surface area contributed by atoms with E-state index in [2.05, 4.69) is 42.0 Å². The summed E-state index contributed by atoms with van der Waals surface area (Å²) in [5.74, 6) is 0.807. The molecule has 0 bridgehead atoms. The molecule has 0 spiro atoms. The zero-order valence-corrected chi connectivity index (χ0v) is 19.5. The molecule has 168 valence electrons. The van der Waals surface area contributed by atoms with Gasteiger partial charge in [-0.2, -0.15) is 5.26 Å². The van der Waals surface area contributed by atoms with Crippen LogP contribution in [0.15, 0.2) is 42.5 Å². The summed E-state index contributed by atoms with van der Waals surface area (Å²) in [7, 11) is 0. The molecule has 2 N–H and O–H groups in total. The van der Waals surface area contributed by atoms with Crippen molar-refractivity contribution in [2.45, 2.75) is 59.5 Å². The Morgan fingerprint density at radius 3 is 2.44 bits per heavy atom. The zero-order chi connectivity index (χ0) is 23.3. The van der Waals surface area contributed by atoms with Crippen molar-refractivity contribution in [3.63, 3.8) is 0 Å². The van der Waals surface area contributed by atoms with Gasteiger partial charge in [0.2, 0.25) is 0 Å². The van der Waals surface area contributed by atoms with Crippen molar-refractivity contribution in [3.05, 3.63) is 48.0 Å². The molecule has 2 aromatic carbocycles. The summed E-state index contributed by atoms with van der Waals surface area (Å²) in [6.45, 7) is 10.9. The maximum atomic E-state index is 12.1. The summed E-state index contributed by atoms with van der Waals surface area (Å²) < 4.78 is 8.02. The van der Waals surface area contributed by atoms with E-state index in [1.807, 2.05) is 56.3 Å². The molecule has 1 atom stereocenters. The van der Waals surface area contributed by atoms with Gasteiger partial charge in [-0.3, -0.25) is 0 Å². The van der Waals surface area contributed by atoms with Crippen LogP contribution in [0, 0.1) is 11.3 Å². The normalized spacial score (nSPS) is 11.9. The fraction of sp³-hybridized carbons (Fsp3) is 0.385. The summed E-state index contributed by atoms with van der Waals surface area (Å²) >= 11 is 0. The number of nitriles is 1. The van der Waals surface area contributed by atoms with Gasteiger partial charge in [0.1, 0.15) is 11.8 Å². The minimum atomic E-state index is -0.222. The number of anilines is 1. The molecule has 0 radical (unpaired) electrons. The Kier molecular flexibility index (Phi) is 7.42. The van der Waals surface area contributed by atoms with Crippen molar-refractivity contribution in [1.29, 1.82) is 5.26 Å². The van der Waals surface area contributed by atoms with Gasteiger partial charge in [0, 0.05) is 29.2 Å². The van der Waals surface area contributed by atoms with Crippen LogP contribution in [0.3, 0.4) is 0 Å². The van der Waals surface area contributed by atoms with E-state index in [1.165, 1.54) is 0 Å². The van der Waals surface area contributed by atoms with E-state index in [0.717, 1.165) is 40.8 Å². The molecule has 6 nitrogen and oxygen atoms in total. The SMILES string of the molecule is CCCOc1ccc2c(C#N)c(-c3ccc(NC(=O)NC(C)CC)cc3)n(C(C)C)c2c1. The number of aromatic nitrogens is 1. The fourth-order valence-corrected chi connectivity index (χ4v) is 3.74. The van der Waals surface area contributed by atoms with Crippen LogP contribution in [0.25, 0.3) is 22.2 Å². The third-order valence-electron chi connectivity index (χ3n) is 5.48. The Bertz CT molecular complexity index is 1120. The highest BCUT2D eigenvalue weighted by atomic mass is 16.5. The summed E-state index contributed by atoms with van der Waals surface area (Å²) in [5.41, 5.74) is 4.13. The van der Waals surface area contributed by atoms with Crippen molar-refractivity contribution in [3.8, 4) is 23.1 Å². The van der Waals surface area contributed by atoms with E-state index < -0.39 is 0 Å². The van der Waals surface area contributed by atoms with Crippen LogP contribution >= 0.6 is 0 Å². The summed E-state index contributed by atoms with van der Waals surface area (Å²) in [4.78, 5) is 12.1. The molecule has 0 aliphatic carbocycles. The topological polar surface area (TPSA) is 79.1 Å². The molecule has 32 heavy (non-hydrogen) atoms. The van der Waals surface area contributed by atoms with Gasteiger partial charge < -0.3 is 19.9 Å². The average Bonchev–Trinajstić information content (AvgIpc) is 3.11. The quantitative estimate of drug-likeness (QED) is 0.428. The molecule has 0 aliphatic rings. The smallest absolute Gasteiger partial charge is 0.319 e. The zero-order valence-electron chi connectivity index (χ0n) is 19.5. The molecule has 0 aliphatic heterocycles. The first-order valence-electron chi connectivity index (χ1n) is 11.3. The van der Waals surface area contributed by atoms with Crippen molar-refractivity contribution in [1.82, 2.24) is 9.88 Å². The number of amides is 2. The molecule has 0 fully saturated rings. The predicted octanol–water partition coefficient (Wildman–Crippen LogP) is 6.47. The number of benzene rings is 2. The number of hydrogen-bond acceptors (Lipinski definition) is 3. The maximum Gasteiger partial charge on any atom is 0.319 e. The standard InChI is InChI=1S/C26H32N4O2/c1-6-14-32-21-12-13-22-23(16-27)25(30(17(3)4)24(22)15-21)19-8-10-20(11-9-19)29-26(31)28-18(5)7-2/h8-13,15,17-18H,6-7,14H2,1-5H3,(H2,28,29,31). The Labute approximate surface area is 190 Å². The van der Waals surface area contributed by atoms with Crippen molar-refractivity contribution < 1.29 is 9.53 Å². The third-order valence-corrected chi connectivity index (χ3v) is 5.48. The Morgan fingerprint density at radius 2 is 1.84 bits per heavy atom. The molecule has 3 rings (SSSR count). The van der Waals surface area contributed by atoms with Crippen LogP contribution in [0.1, 0.15) is 59.1 Å². The molecule has 1 unspecified atom stereocenters. The van der Waals surface area contributed by atoms with Crippen LogP contribution in [0.2, 0.25) is 0 Å². The lowest BCUT2D eigenvalue weighted by atomic mass is 10.1. The summed E-state index contributed by atoms with van der Waals surface area (Å²) in [6.07, 6.45) is 1.81. The number of carbonyl (C=O) groups excluding carboxylic acids is 1. The van der Waals surface area contributed by atoms with Gasteiger partial charge in [-0.15, -0.1) is 0 Å². The first-order chi connectivity index (χ1) is 15.4. The molecule has 3 aromatic rings. The van der Waals surface area contributed by atoms with Gasteiger partial charge in [0.15, 0.2) is 0 Å². The lowest BCUT2D eigenvalue weighted by molar-refractivity contribution is 0.249. The Hall–Kier alpha value is -3.46. The maximum absolute atomic E-state index is 12.1. The van der Waals surface area contributed by atoms with Crippen molar-refractivity contribution >= 4 is 22.6 Å². The van der Waals surface area contributed by atoms with Gasteiger partial charge in [0.25, 0.3) is 0 Å². The summed E-state index contributed by atoms with van der Waals surface area (Å²) in [5, 5.41) is 16.7. The van der Waals surface area contributed by atoms with E-state index in [9.17, 15) is 10.1 Å². The lowest BCUT2D eigenvalue weighted by Crippen LogP contribution is -2.35. The lowest BCUT2D eigenvalue weighted by Gasteiger charge is -2.16. The minimum Gasteiger partial charge on any atom is -0.494 e. The van der Waals surface area contributed by atoms with E-state index >= 15 is 0 Å². The van der Waals surface area contributed by atoms with Crippen LogP contribution in [-0.4, -0.2) is 23.2 Å². The van der Waals surface area contributed by atoms with Gasteiger partial charge in [0.05, 0.1) is 23.4 Å². The first-order valence-corrected chi connectivity index (χ1v) is 11.3. The summed E-state index contributed by atoms with van der Waals surface area (Å²) in [6, 6.07) is 16.0. The number of ether oxygens (including phenoxy) is 1. The highest BCUT2D eigenvalue weighted by Crippen LogP contribution is 2.38. The number of carbonyl (C=O) groups is 1. The average molecular weight is 433 g/mol. The first kappa shape index (κ1) is 23.2. The van der Waals surface area contributed by atoms with Gasteiger partial charge >= 0.3 is 6.03 Å². The highest BCUT2D eigenvalue weighted by molar-refractivity contribution is 5.96. The fourth-order valence-electron chi connectivity index (χ4n) is 3.74. The van der Waals surface area contributed by atoms with Crippen LogP contribution < -0.4 is 15.4 Å². The van der Waals surface area contributed by atoms with Gasteiger partial charge in [-0.1, -0.05) is 26.0 Å². The molecule has 1 aromatic heterocycles. The van der Waals surface area contributed by atoms with Crippen LogP contribution in [0.5, 0.6) is 5.75 Å². The molecule has 1 heterocycles. The Balaban J connectivity index is 2.01. The molecule has 0 saturated carbocycles. The second kappa shape index (κ2) is 10.2. The number of urea groups is 1. The minimum absolute atomic E-state index is 0.111. The van der Waals surface area contributed by atoms with Crippen LogP contribution in [-0.2, 0) is 0 Å². The second-order valence-electron chi connectivity index (χ2n) is 8.31. The molecular formula is C26H32N4O2. The number of hydrogen-bond donors (Lipinski definition) is 2. The van der Waals surface area contributed by atoms with E-state index in [1.54, 1.807) is 0 Å². The predicted molar refractivity (Wildman–Crippen MR) is 130 cm³/mol.